The number of benzene rings is 2. The Bertz CT molecular complexity index is 1060. The maximum absolute atomic E-state index is 13.2. The summed E-state index contributed by atoms with van der Waals surface area (Å²) in [5.74, 6) is 0.0374. The van der Waals surface area contributed by atoms with E-state index in [4.69, 9.17) is 4.74 Å². The summed E-state index contributed by atoms with van der Waals surface area (Å²) in [4.78, 5) is 29.9. The molecule has 0 aliphatic heterocycles. The van der Waals surface area contributed by atoms with E-state index in [-0.39, 0.29) is 17.2 Å². The van der Waals surface area contributed by atoms with Crippen LogP contribution in [0.25, 0.3) is 16.6 Å². The molecule has 0 aliphatic rings. The third-order valence-corrected chi connectivity index (χ3v) is 5.39. The molecule has 1 aromatic heterocycles. The lowest BCUT2D eigenvalue weighted by Gasteiger charge is -2.14. The highest BCUT2D eigenvalue weighted by molar-refractivity contribution is 7.99. The van der Waals surface area contributed by atoms with Gasteiger partial charge in [0, 0.05) is 13.7 Å². The summed E-state index contributed by atoms with van der Waals surface area (Å²) >= 11 is 1.25. The summed E-state index contributed by atoms with van der Waals surface area (Å²) in [5, 5.41) is 3.83. The number of carbonyl (C=O) groups is 1. The van der Waals surface area contributed by atoms with Crippen molar-refractivity contribution in [2.45, 2.75) is 19.0 Å². The third kappa shape index (κ3) is 4.43. The monoisotopic (exact) mass is 397 g/mol. The van der Waals surface area contributed by atoms with Gasteiger partial charge in [-0.15, -0.1) is 0 Å². The summed E-state index contributed by atoms with van der Waals surface area (Å²) < 4.78 is 6.52. The number of amides is 1. The smallest absolute Gasteiger partial charge is 0.266 e. The van der Waals surface area contributed by atoms with Gasteiger partial charge in [0.25, 0.3) is 5.56 Å². The van der Waals surface area contributed by atoms with Crippen molar-refractivity contribution >= 4 is 28.6 Å². The number of carbonyl (C=O) groups excluding carboxylic acids is 1. The largest absolute Gasteiger partial charge is 0.383 e. The molecule has 1 amide bonds. The van der Waals surface area contributed by atoms with Gasteiger partial charge in [0.1, 0.15) is 0 Å². The number of para-hydroxylation sites is 1. The minimum atomic E-state index is -0.142. The van der Waals surface area contributed by atoms with Crippen LogP contribution in [0.1, 0.15) is 11.1 Å². The van der Waals surface area contributed by atoms with E-state index in [0.29, 0.717) is 29.2 Å². The molecule has 0 atom stereocenters. The molecule has 7 heteroatoms. The van der Waals surface area contributed by atoms with Gasteiger partial charge in [-0.1, -0.05) is 30.0 Å². The lowest BCUT2D eigenvalue weighted by molar-refractivity contribution is -0.118. The Balaban J connectivity index is 2.01. The number of ether oxygens (including phenoxy) is 1. The standard InChI is InChI=1S/C21H23N3O3S/c1-14-8-9-16(12-15(14)2)24-20(26)17-6-4-5-7-18(17)23-21(24)28-13-19(25)22-10-11-27-3/h4-9,12H,10-11,13H2,1-3H3,(H,22,25). The second-order valence-corrected chi connectivity index (χ2v) is 7.39. The van der Waals surface area contributed by atoms with Gasteiger partial charge in [-0.25, -0.2) is 4.98 Å². The molecule has 146 valence electrons. The van der Waals surface area contributed by atoms with Gasteiger partial charge in [-0.2, -0.15) is 0 Å². The molecule has 0 saturated carbocycles. The molecule has 0 fully saturated rings. The van der Waals surface area contributed by atoms with Gasteiger partial charge < -0.3 is 10.1 Å². The van der Waals surface area contributed by atoms with Crippen molar-refractivity contribution in [3.63, 3.8) is 0 Å². The van der Waals surface area contributed by atoms with Crippen molar-refractivity contribution < 1.29 is 9.53 Å². The fourth-order valence-corrected chi connectivity index (χ4v) is 3.62. The predicted octanol–water partition coefficient (Wildman–Crippen LogP) is 2.86. The van der Waals surface area contributed by atoms with E-state index in [1.165, 1.54) is 11.8 Å². The second kappa shape index (κ2) is 9.03. The number of thioether (sulfide) groups is 1. The molecule has 0 spiro atoms. The first-order chi connectivity index (χ1) is 13.5. The molecule has 0 aliphatic carbocycles. The summed E-state index contributed by atoms with van der Waals surface area (Å²) in [5.41, 5.74) is 3.46. The lowest BCUT2D eigenvalue weighted by Crippen LogP contribution is -2.29. The van der Waals surface area contributed by atoms with E-state index in [1.807, 2.05) is 50.2 Å². The Morgan fingerprint density at radius 1 is 1.18 bits per heavy atom. The van der Waals surface area contributed by atoms with Crippen LogP contribution in [0, 0.1) is 13.8 Å². The van der Waals surface area contributed by atoms with Gasteiger partial charge in [0.15, 0.2) is 5.16 Å². The van der Waals surface area contributed by atoms with Crippen LogP contribution in [0.3, 0.4) is 0 Å². The molecule has 0 radical (unpaired) electrons. The van der Waals surface area contributed by atoms with Crippen molar-refractivity contribution in [3.05, 3.63) is 63.9 Å². The molecule has 1 N–H and O–H groups in total. The Hall–Kier alpha value is -2.64. The number of aryl methyl sites for hydroxylation is 2. The van der Waals surface area contributed by atoms with Crippen molar-refractivity contribution in [3.8, 4) is 5.69 Å². The van der Waals surface area contributed by atoms with Crippen molar-refractivity contribution in [2.24, 2.45) is 0 Å². The van der Waals surface area contributed by atoms with Crippen LogP contribution in [0.4, 0.5) is 0 Å². The van der Waals surface area contributed by atoms with Crippen LogP contribution in [0.2, 0.25) is 0 Å². The average molecular weight is 398 g/mol. The number of nitrogens with one attached hydrogen (secondary N) is 1. The molecule has 6 nitrogen and oxygen atoms in total. The fourth-order valence-electron chi connectivity index (χ4n) is 2.78. The van der Waals surface area contributed by atoms with E-state index in [9.17, 15) is 9.59 Å². The molecule has 0 saturated heterocycles. The first-order valence-corrected chi connectivity index (χ1v) is 9.97. The number of nitrogens with zero attached hydrogens (tertiary/aromatic N) is 2. The SMILES string of the molecule is COCCNC(=O)CSc1nc2ccccc2c(=O)n1-c1ccc(C)c(C)c1. The number of hydrogen-bond donors (Lipinski definition) is 1. The first kappa shape index (κ1) is 20.1. The highest BCUT2D eigenvalue weighted by Crippen LogP contribution is 2.22. The first-order valence-electron chi connectivity index (χ1n) is 8.99. The summed E-state index contributed by atoms with van der Waals surface area (Å²) in [6.45, 7) is 4.94. The molecule has 28 heavy (non-hydrogen) atoms. The van der Waals surface area contributed by atoms with Crippen molar-refractivity contribution in [1.29, 1.82) is 0 Å². The highest BCUT2D eigenvalue weighted by Gasteiger charge is 2.15. The highest BCUT2D eigenvalue weighted by atomic mass is 32.2. The molecule has 2 aromatic carbocycles. The zero-order valence-corrected chi connectivity index (χ0v) is 17.0. The van der Waals surface area contributed by atoms with Gasteiger partial charge in [0.2, 0.25) is 5.91 Å². The van der Waals surface area contributed by atoms with Crippen molar-refractivity contribution in [2.75, 3.05) is 26.0 Å². The van der Waals surface area contributed by atoms with E-state index >= 15 is 0 Å². The van der Waals surface area contributed by atoms with Gasteiger partial charge in [-0.05, 0) is 49.2 Å². The minimum Gasteiger partial charge on any atom is -0.383 e. The zero-order valence-electron chi connectivity index (χ0n) is 16.2. The number of fused-ring (bicyclic) bond motifs is 1. The maximum Gasteiger partial charge on any atom is 0.266 e. The normalized spacial score (nSPS) is 11.0. The van der Waals surface area contributed by atoms with Crippen LogP contribution in [-0.4, -0.2) is 41.5 Å². The summed E-state index contributed by atoms with van der Waals surface area (Å²) in [6, 6.07) is 13.1. The summed E-state index contributed by atoms with van der Waals surface area (Å²) in [7, 11) is 1.59. The Morgan fingerprint density at radius 3 is 2.71 bits per heavy atom. The quantitative estimate of drug-likeness (QED) is 0.377. The molecule has 3 rings (SSSR count). The molecule has 1 heterocycles. The molecule has 0 unspecified atom stereocenters. The van der Waals surface area contributed by atoms with Crippen LogP contribution in [0.15, 0.2) is 52.4 Å². The number of hydrogen-bond acceptors (Lipinski definition) is 5. The van der Waals surface area contributed by atoms with E-state index in [2.05, 4.69) is 10.3 Å². The Morgan fingerprint density at radius 2 is 1.96 bits per heavy atom. The fraction of sp³-hybridized carbons (Fsp3) is 0.286. The number of aromatic nitrogens is 2. The van der Waals surface area contributed by atoms with Gasteiger partial charge in [0.05, 0.1) is 29.0 Å². The minimum absolute atomic E-state index is 0.129. The number of rotatable bonds is 7. The Labute approximate surface area is 167 Å². The van der Waals surface area contributed by atoms with E-state index in [1.54, 1.807) is 17.7 Å². The molecular formula is C21H23N3O3S. The van der Waals surface area contributed by atoms with E-state index in [0.717, 1.165) is 16.8 Å². The molecular weight excluding hydrogens is 374 g/mol. The molecule has 3 aromatic rings. The summed E-state index contributed by atoms with van der Waals surface area (Å²) in [6.07, 6.45) is 0. The van der Waals surface area contributed by atoms with Crippen LogP contribution < -0.4 is 10.9 Å². The number of methoxy groups -OCH3 is 1. The third-order valence-electron chi connectivity index (χ3n) is 4.45. The van der Waals surface area contributed by atoms with Gasteiger partial charge >= 0.3 is 0 Å². The predicted molar refractivity (Wildman–Crippen MR) is 112 cm³/mol. The maximum atomic E-state index is 13.2. The van der Waals surface area contributed by atoms with Gasteiger partial charge in [-0.3, -0.25) is 14.2 Å². The van der Waals surface area contributed by atoms with Crippen LogP contribution in [-0.2, 0) is 9.53 Å². The average Bonchev–Trinajstić information content (AvgIpc) is 2.69. The zero-order chi connectivity index (χ0) is 20.1. The lowest BCUT2D eigenvalue weighted by atomic mass is 10.1. The van der Waals surface area contributed by atoms with Crippen LogP contribution >= 0.6 is 11.8 Å². The van der Waals surface area contributed by atoms with Crippen molar-refractivity contribution in [1.82, 2.24) is 14.9 Å². The Kier molecular flexibility index (Phi) is 6.49. The topological polar surface area (TPSA) is 73.2 Å². The van der Waals surface area contributed by atoms with E-state index < -0.39 is 0 Å². The molecule has 0 bridgehead atoms. The second-order valence-electron chi connectivity index (χ2n) is 6.45. The van der Waals surface area contributed by atoms with Crippen LogP contribution in [0.5, 0.6) is 0 Å².